The molecule has 0 aromatic carbocycles. The maximum absolute atomic E-state index is 10.1. The summed E-state index contributed by atoms with van der Waals surface area (Å²) < 4.78 is 28.6. The summed E-state index contributed by atoms with van der Waals surface area (Å²) in [6, 6.07) is 0. The molecule has 0 aliphatic carbocycles. The molecule has 0 atom stereocenters. The number of hydrogen-bond donors (Lipinski definition) is 1. The smallest absolute Gasteiger partial charge is 0.264 e. The van der Waals surface area contributed by atoms with Crippen LogP contribution in [0.1, 0.15) is 59.3 Å². The first-order valence-corrected chi connectivity index (χ1v) is 7.04. The van der Waals surface area contributed by atoms with Crippen LogP contribution in [0.15, 0.2) is 0 Å². The highest BCUT2D eigenvalue weighted by Gasteiger charge is 2.01. The zero-order valence-electron chi connectivity index (χ0n) is 9.62. The molecule has 0 amide bonds. The van der Waals surface area contributed by atoms with Crippen LogP contribution >= 0.6 is 0 Å². The third-order valence-corrected chi connectivity index (χ3v) is 2.56. The molecular formula is C10H24O3S. The molecule has 0 unspecified atom stereocenters. The Morgan fingerprint density at radius 3 is 1.64 bits per heavy atom. The highest BCUT2D eigenvalue weighted by molar-refractivity contribution is 7.85. The van der Waals surface area contributed by atoms with Gasteiger partial charge >= 0.3 is 0 Å². The van der Waals surface area contributed by atoms with Crippen molar-refractivity contribution in [1.82, 2.24) is 0 Å². The van der Waals surface area contributed by atoms with Crippen molar-refractivity contribution < 1.29 is 13.0 Å². The topological polar surface area (TPSA) is 54.4 Å². The van der Waals surface area contributed by atoms with Gasteiger partial charge in [-0.05, 0) is 6.42 Å². The second-order valence-electron chi connectivity index (χ2n) is 3.35. The molecule has 4 heteroatoms. The first-order valence-electron chi connectivity index (χ1n) is 5.43. The molecule has 0 aromatic heterocycles. The lowest BCUT2D eigenvalue weighted by Gasteiger charge is -1.95. The Bertz CT molecular complexity index is 184. The fraction of sp³-hybridized carbons (Fsp3) is 1.00. The molecule has 14 heavy (non-hydrogen) atoms. The summed E-state index contributed by atoms with van der Waals surface area (Å²) in [5.41, 5.74) is 0. The van der Waals surface area contributed by atoms with Gasteiger partial charge in [-0.15, -0.1) is 0 Å². The summed E-state index contributed by atoms with van der Waals surface area (Å²) in [6.45, 7) is 6.41. The molecule has 0 radical (unpaired) electrons. The first kappa shape index (κ1) is 16.3. The van der Waals surface area contributed by atoms with Crippen LogP contribution < -0.4 is 0 Å². The SMILES string of the molecule is CCCC.CCCCCCS(=O)(=O)O. The largest absolute Gasteiger partial charge is 0.286 e. The lowest BCUT2D eigenvalue weighted by Crippen LogP contribution is -2.03. The van der Waals surface area contributed by atoms with Crippen LogP contribution in [0.3, 0.4) is 0 Å². The average molecular weight is 224 g/mol. The highest BCUT2D eigenvalue weighted by Crippen LogP contribution is 2.00. The van der Waals surface area contributed by atoms with Gasteiger partial charge in [-0.25, -0.2) is 0 Å². The lowest BCUT2D eigenvalue weighted by atomic mass is 10.2. The summed E-state index contributed by atoms with van der Waals surface area (Å²) in [4.78, 5) is 0. The van der Waals surface area contributed by atoms with Gasteiger partial charge in [0.2, 0.25) is 0 Å². The molecule has 1 N–H and O–H groups in total. The molecule has 0 fully saturated rings. The maximum Gasteiger partial charge on any atom is 0.264 e. The summed E-state index contributed by atoms with van der Waals surface area (Å²) in [5, 5.41) is 0. The van der Waals surface area contributed by atoms with Crippen LogP contribution in [0.2, 0.25) is 0 Å². The van der Waals surface area contributed by atoms with Crippen molar-refractivity contribution in [2.24, 2.45) is 0 Å². The lowest BCUT2D eigenvalue weighted by molar-refractivity contribution is 0.479. The zero-order valence-corrected chi connectivity index (χ0v) is 10.4. The van der Waals surface area contributed by atoms with Crippen LogP contribution in [0.5, 0.6) is 0 Å². The monoisotopic (exact) mass is 224 g/mol. The molecule has 0 aliphatic rings. The Balaban J connectivity index is 0. The van der Waals surface area contributed by atoms with E-state index >= 15 is 0 Å². The van der Waals surface area contributed by atoms with E-state index in [2.05, 4.69) is 13.8 Å². The van der Waals surface area contributed by atoms with E-state index in [-0.39, 0.29) is 5.75 Å². The predicted molar refractivity (Wildman–Crippen MR) is 61.1 cm³/mol. The van der Waals surface area contributed by atoms with Crippen molar-refractivity contribution in [2.75, 3.05) is 5.75 Å². The molecule has 0 aliphatic heterocycles. The number of unbranched alkanes of at least 4 members (excludes halogenated alkanes) is 4. The van der Waals surface area contributed by atoms with Crippen LogP contribution in [0, 0.1) is 0 Å². The minimum atomic E-state index is -3.70. The van der Waals surface area contributed by atoms with E-state index in [1.165, 1.54) is 12.8 Å². The standard InChI is InChI=1S/C6H14O3S.C4H10/c1-2-3-4-5-6-10(7,8)9;1-3-4-2/h2-6H2,1H3,(H,7,8,9);3-4H2,1-2H3. The Morgan fingerprint density at radius 1 is 0.857 bits per heavy atom. The van der Waals surface area contributed by atoms with Gasteiger partial charge in [0, 0.05) is 0 Å². The summed E-state index contributed by atoms with van der Waals surface area (Å²) in [5.74, 6) is -0.0903. The molecule has 0 saturated carbocycles. The summed E-state index contributed by atoms with van der Waals surface area (Å²) in [6.07, 6.45) is 6.21. The van der Waals surface area contributed by atoms with Gasteiger partial charge in [0.15, 0.2) is 0 Å². The number of hydrogen-bond acceptors (Lipinski definition) is 2. The van der Waals surface area contributed by atoms with Crippen LogP contribution in [0.25, 0.3) is 0 Å². The summed E-state index contributed by atoms with van der Waals surface area (Å²) >= 11 is 0. The fourth-order valence-electron chi connectivity index (χ4n) is 0.711. The van der Waals surface area contributed by atoms with Gasteiger partial charge in [-0.1, -0.05) is 52.9 Å². The Labute approximate surface area is 88.7 Å². The van der Waals surface area contributed by atoms with E-state index in [9.17, 15) is 8.42 Å². The van der Waals surface area contributed by atoms with Crippen LogP contribution in [-0.4, -0.2) is 18.7 Å². The minimum Gasteiger partial charge on any atom is -0.286 e. The van der Waals surface area contributed by atoms with Crippen LogP contribution in [-0.2, 0) is 10.1 Å². The van der Waals surface area contributed by atoms with E-state index in [0.29, 0.717) is 6.42 Å². The molecule has 0 aromatic rings. The van der Waals surface area contributed by atoms with Gasteiger partial charge in [-0.2, -0.15) is 8.42 Å². The average Bonchev–Trinajstić information content (AvgIpc) is 2.11. The predicted octanol–water partition coefficient (Wildman–Crippen LogP) is 3.26. The second kappa shape index (κ2) is 11.0. The van der Waals surface area contributed by atoms with Crippen molar-refractivity contribution in [3.63, 3.8) is 0 Å². The van der Waals surface area contributed by atoms with Gasteiger partial charge < -0.3 is 0 Å². The summed E-state index contributed by atoms with van der Waals surface area (Å²) in [7, 11) is -3.70. The molecule has 0 heterocycles. The zero-order chi connectivity index (χ0) is 11.4. The Hall–Kier alpha value is -0.0900. The first-order chi connectivity index (χ1) is 6.47. The van der Waals surface area contributed by atoms with Gasteiger partial charge in [0.1, 0.15) is 0 Å². The highest BCUT2D eigenvalue weighted by atomic mass is 32.2. The van der Waals surface area contributed by atoms with Crippen molar-refractivity contribution in [2.45, 2.75) is 59.3 Å². The van der Waals surface area contributed by atoms with E-state index in [0.717, 1.165) is 19.3 Å². The second-order valence-corrected chi connectivity index (χ2v) is 4.92. The molecule has 88 valence electrons. The van der Waals surface area contributed by atoms with Gasteiger partial charge in [0.25, 0.3) is 10.1 Å². The van der Waals surface area contributed by atoms with E-state index in [1.807, 2.05) is 6.92 Å². The van der Waals surface area contributed by atoms with E-state index in [1.54, 1.807) is 0 Å². The quantitative estimate of drug-likeness (QED) is 0.556. The van der Waals surface area contributed by atoms with Crippen LogP contribution in [0.4, 0.5) is 0 Å². The molecule has 0 spiro atoms. The van der Waals surface area contributed by atoms with E-state index in [4.69, 9.17) is 4.55 Å². The fourth-order valence-corrected chi connectivity index (χ4v) is 1.28. The molecule has 0 rings (SSSR count). The maximum atomic E-state index is 10.1. The van der Waals surface area contributed by atoms with Crippen molar-refractivity contribution in [1.29, 1.82) is 0 Å². The van der Waals surface area contributed by atoms with E-state index < -0.39 is 10.1 Å². The Kier molecular flexibility index (Phi) is 12.8. The van der Waals surface area contributed by atoms with Gasteiger partial charge in [-0.3, -0.25) is 4.55 Å². The number of rotatable bonds is 6. The Morgan fingerprint density at radius 2 is 1.36 bits per heavy atom. The molecule has 0 saturated heterocycles. The third-order valence-electron chi connectivity index (χ3n) is 1.76. The molecule has 0 bridgehead atoms. The molecule has 3 nitrogen and oxygen atoms in total. The normalized spacial score (nSPS) is 10.6. The van der Waals surface area contributed by atoms with Crippen molar-refractivity contribution in [3.05, 3.63) is 0 Å². The third kappa shape index (κ3) is 22.7. The van der Waals surface area contributed by atoms with Crippen molar-refractivity contribution >= 4 is 10.1 Å². The molecular weight excluding hydrogens is 200 g/mol. The van der Waals surface area contributed by atoms with Gasteiger partial charge in [0.05, 0.1) is 5.75 Å². The van der Waals surface area contributed by atoms with Crippen molar-refractivity contribution in [3.8, 4) is 0 Å². The minimum absolute atomic E-state index is 0.0903.